The second kappa shape index (κ2) is 11.1. The number of anilines is 1. The third-order valence-electron chi connectivity index (χ3n) is 6.63. The van der Waals surface area contributed by atoms with Gasteiger partial charge in [-0.2, -0.15) is 0 Å². The second-order valence-corrected chi connectivity index (χ2v) is 8.79. The van der Waals surface area contributed by atoms with Gasteiger partial charge in [0.1, 0.15) is 5.75 Å². The molecule has 4 rings (SSSR count). The summed E-state index contributed by atoms with van der Waals surface area (Å²) in [6.45, 7) is 0.601. The smallest absolute Gasteiger partial charge is 0.321 e. The van der Waals surface area contributed by atoms with Gasteiger partial charge in [-0.15, -0.1) is 0 Å². The van der Waals surface area contributed by atoms with Crippen LogP contribution in [0.1, 0.15) is 22.6 Å². The zero-order valence-corrected chi connectivity index (χ0v) is 20.3. The van der Waals surface area contributed by atoms with Crippen LogP contribution in [0.4, 0.5) is 10.5 Å². The van der Waals surface area contributed by atoms with Crippen LogP contribution < -0.4 is 10.1 Å². The Bertz CT molecular complexity index is 1180. The van der Waals surface area contributed by atoms with E-state index in [0.29, 0.717) is 12.2 Å². The number of likely N-dealkylation sites (tertiary alicyclic amines) is 1. The summed E-state index contributed by atoms with van der Waals surface area (Å²) in [5, 5.41) is 12.9. The quantitative estimate of drug-likeness (QED) is 0.536. The summed E-state index contributed by atoms with van der Waals surface area (Å²) in [5.74, 6) is 7.25. The fraction of sp³-hybridized carbons (Fsp3) is 0.276. The second-order valence-electron chi connectivity index (χ2n) is 8.79. The molecule has 3 atom stereocenters. The number of hydrogen-bond donors (Lipinski definition) is 2. The lowest BCUT2D eigenvalue weighted by molar-refractivity contribution is -0.0296. The van der Waals surface area contributed by atoms with Crippen molar-refractivity contribution in [1.82, 2.24) is 9.80 Å². The number of benzene rings is 3. The molecular formula is C29H31N3O3. The van der Waals surface area contributed by atoms with Gasteiger partial charge in [0.2, 0.25) is 0 Å². The van der Waals surface area contributed by atoms with Crippen LogP contribution in [0, 0.1) is 11.8 Å². The monoisotopic (exact) mass is 469 g/mol. The lowest BCUT2D eigenvalue weighted by Gasteiger charge is -2.54. The molecule has 180 valence electrons. The predicted molar refractivity (Wildman–Crippen MR) is 139 cm³/mol. The molecule has 1 fully saturated rings. The summed E-state index contributed by atoms with van der Waals surface area (Å²) in [7, 11) is 5.40. The zero-order valence-electron chi connectivity index (χ0n) is 20.3. The van der Waals surface area contributed by atoms with Crippen LogP contribution in [0.5, 0.6) is 5.75 Å². The van der Waals surface area contributed by atoms with Crippen LogP contribution in [-0.2, 0) is 0 Å². The minimum atomic E-state index is -0.179. The van der Waals surface area contributed by atoms with E-state index in [1.165, 1.54) is 0 Å². The van der Waals surface area contributed by atoms with Crippen molar-refractivity contribution in [2.45, 2.75) is 18.0 Å². The van der Waals surface area contributed by atoms with Gasteiger partial charge in [-0.25, -0.2) is 4.79 Å². The number of aliphatic hydroxyl groups is 1. The van der Waals surface area contributed by atoms with Crippen molar-refractivity contribution in [3.05, 3.63) is 95.6 Å². The van der Waals surface area contributed by atoms with Crippen LogP contribution in [0.2, 0.25) is 0 Å². The van der Waals surface area contributed by atoms with E-state index in [9.17, 15) is 9.90 Å². The number of aliphatic hydroxyl groups excluding tert-OH is 1. The summed E-state index contributed by atoms with van der Waals surface area (Å²) < 4.78 is 5.17. The molecule has 2 unspecified atom stereocenters. The first-order valence-electron chi connectivity index (χ1n) is 11.7. The number of likely N-dealkylation sites (N-methyl/N-ethyl adjacent to an activating group) is 2. The zero-order chi connectivity index (χ0) is 24.8. The minimum Gasteiger partial charge on any atom is -0.497 e. The van der Waals surface area contributed by atoms with Crippen molar-refractivity contribution in [1.29, 1.82) is 0 Å². The highest BCUT2D eigenvalue weighted by Gasteiger charge is 2.47. The van der Waals surface area contributed by atoms with Crippen molar-refractivity contribution in [2.75, 3.05) is 39.7 Å². The molecule has 2 N–H and O–H groups in total. The van der Waals surface area contributed by atoms with Crippen molar-refractivity contribution >= 4 is 11.7 Å². The van der Waals surface area contributed by atoms with E-state index in [1.54, 1.807) is 19.1 Å². The Morgan fingerprint density at radius 1 is 0.971 bits per heavy atom. The maximum atomic E-state index is 12.8. The average Bonchev–Trinajstić information content (AvgIpc) is 2.90. The van der Waals surface area contributed by atoms with Crippen LogP contribution in [0.25, 0.3) is 0 Å². The van der Waals surface area contributed by atoms with Crippen LogP contribution in [0.3, 0.4) is 0 Å². The summed E-state index contributed by atoms with van der Waals surface area (Å²) >= 11 is 0. The number of methoxy groups -OCH3 is 1. The summed E-state index contributed by atoms with van der Waals surface area (Å²) in [4.78, 5) is 16.6. The van der Waals surface area contributed by atoms with E-state index in [2.05, 4.69) is 34.2 Å². The first kappa shape index (κ1) is 24.3. The molecule has 1 aliphatic rings. The third kappa shape index (κ3) is 5.65. The van der Waals surface area contributed by atoms with Crippen molar-refractivity contribution in [3.8, 4) is 17.6 Å². The van der Waals surface area contributed by atoms with Gasteiger partial charge < -0.3 is 20.1 Å². The summed E-state index contributed by atoms with van der Waals surface area (Å²) in [6, 6.07) is 25.3. The van der Waals surface area contributed by atoms with Crippen LogP contribution >= 0.6 is 0 Å². The lowest BCUT2D eigenvalue weighted by atomic mass is 9.75. The maximum absolute atomic E-state index is 12.8. The Morgan fingerprint density at radius 2 is 1.60 bits per heavy atom. The molecule has 3 aromatic carbocycles. The molecule has 1 saturated heterocycles. The first-order valence-corrected chi connectivity index (χ1v) is 11.7. The van der Waals surface area contributed by atoms with Gasteiger partial charge in [-0.3, -0.25) is 4.90 Å². The molecule has 0 aromatic heterocycles. The highest BCUT2D eigenvalue weighted by atomic mass is 16.5. The average molecular weight is 470 g/mol. The number of amides is 2. The van der Waals surface area contributed by atoms with Gasteiger partial charge in [0, 0.05) is 48.4 Å². The summed E-state index contributed by atoms with van der Waals surface area (Å²) in [6.07, 6.45) is 0. The van der Waals surface area contributed by atoms with Gasteiger partial charge in [-0.05, 0) is 61.1 Å². The number of hydrogen-bond acceptors (Lipinski definition) is 4. The molecule has 2 amide bonds. The molecule has 0 radical (unpaired) electrons. The van der Waals surface area contributed by atoms with Gasteiger partial charge in [0.15, 0.2) is 0 Å². The van der Waals surface area contributed by atoms with E-state index >= 15 is 0 Å². The van der Waals surface area contributed by atoms with E-state index in [4.69, 9.17) is 4.74 Å². The molecule has 0 spiro atoms. The number of ether oxygens (including phenoxy) is 1. The van der Waals surface area contributed by atoms with Crippen molar-refractivity contribution in [3.63, 3.8) is 0 Å². The molecule has 0 bridgehead atoms. The highest BCUT2D eigenvalue weighted by Crippen LogP contribution is 2.39. The van der Waals surface area contributed by atoms with Crippen LogP contribution in [0.15, 0.2) is 78.9 Å². The number of urea groups is 1. The minimum absolute atomic E-state index is 0.0132. The SMILES string of the molecule is COc1ccc(NC(=O)N(C)CC2[C@@H](c3ccc(C#Cc4ccccc4)cc3)C(CO)N2C)cc1. The Balaban J connectivity index is 1.42. The van der Waals surface area contributed by atoms with Gasteiger partial charge in [0.25, 0.3) is 0 Å². The molecule has 0 saturated carbocycles. The number of nitrogens with zero attached hydrogens (tertiary/aromatic N) is 2. The van der Waals surface area contributed by atoms with E-state index in [0.717, 1.165) is 22.4 Å². The molecule has 1 aliphatic heterocycles. The highest BCUT2D eigenvalue weighted by molar-refractivity contribution is 5.89. The number of carbonyl (C=O) groups is 1. The summed E-state index contributed by atoms with van der Waals surface area (Å²) in [5.41, 5.74) is 3.77. The fourth-order valence-electron chi connectivity index (χ4n) is 4.55. The Hall–Kier alpha value is -3.79. The standard InChI is InChI=1S/C29H31N3O3/c1-31(29(34)30-24-15-17-25(35-3)18-16-24)19-26-28(27(20-33)32(26)2)23-13-11-22(12-14-23)10-9-21-7-5-4-6-8-21/h4-8,11-18,26-28,33H,19-20H2,1-3H3,(H,30,34)/t26?,27?,28-/m1/s1. The number of carbonyl (C=O) groups excluding carboxylic acids is 1. The molecule has 3 aromatic rings. The van der Waals surface area contributed by atoms with Crippen LogP contribution in [-0.4, -0.2) is 67.4 Å². The largest absolute Gasteiger partial charge is 0.497 e. The fourth-order valence-corrected chi connectivity index (χ4v) is 4.55. The normalized spacial score (nSPS) is 19.1. The molecular weight excluding hydrogens is 438 g/mol. The van der Waals surface area contributed by atoms with E-state index in [-0.39, 0.29) is 30.6 Å². The first-order chi connectivity index (χ1) is 17.0. The lowest BCUT2D eigenvalue weighted by Crippen LogP contribution is -2.65. The predicted octanol–water partition coefficient (Wildman–Crippen LogP) is 4.02. The van der Waals surface area contributed by atoms with Crippen molar-refractivity contribution < 1.29 is 14.6 Å². The van der Waals surface area contributed by atoms with E-state index < -0.39 is 0 Å². The Kier molecular flexibility index (Phi) is 7.71. The van der Waals surface area contributed by atoms with Gasteiger partial charge >= 0.3 is 6.03 Å². The van der Waals surface area contributed by atoms with Gasteiger partial charge in [0.05, 0.1) is 13.7 Å². The molecule has 35 heavy (non-hydrogen) atoms. The van der Waals surface area contributed by atoms with E-state index in [1.807, 2.05) is 73.8 Å². The Labute approximate surface area is 207 Å². The third-order valence-corrected chi connectivity index (χ3v) is 6.63. The Morgan fingerprint density at radius 3 is 2.20 bits per heavy atom. The molecule has 1 heterocycles. The number of rotatable bonds is 6. The molecule has 6 nitrogen and oxygen atoms in total. The molecule has 6 heteroatoms. The maximum Gasteiger partial charge on any atom is 0.321 e. The topological polar surface area (TPSA) is 65.0 Å². The molecule has 0 aliphatic carbocycles. The number of nitrogens with one attached hydrogen (secondary N) is 1. The van der Waals surface area contributed by atoms with Gasteiger partial charge in [-0.1, -0.05) is 42.2 Å². The van der Waals surface area contributed by atoms with Crippen molar-refractivity contribution in [2.24, 2.45) is 0 Å².